The first-order chi connectivity index (χ1) is 8.68. The maximum absolute atomic E-state index is 3.52. The normalized spacial score (nSPS) is 18.1. The predicted molar refractivity (Wildman–Crippen MR) is 75.6 cm³/mol. The fourth-order valence-corrected chi connectivity index (χ4v) is 2.52. The molecule has 3 N–H and O–H groups in total. The van der Waals surface area contributed by atoms with Gasteiger partial charge >= 0.3 is 0 Å². The second-order valence-corrected chi connectivity index (χ2v) is 5.70. The largest absolute Gasteiger partial charge is 0.367 e. The van der Waals surface area contributed by atoms with Gasteiger partial charge in [0.15, 0.2) is 0 Å². The minimum absolute atomic E-state index is 0.299. The summed E-state index contributed by atoms with van der Waals surface area (Å²) in [5.41, 5.74) is 1.63. The minimum Gasteiger partial charge on any atom is -0.367 e. The van der Waals surface area contributed by atoms with Crippen LogP contribution in [0, 0.1) is 0 Å². The van der Waals surface area contributed by atoms with Crippen LogP contribution in [0.15, 0.2) is 18.5 Å². The Bertz CT molecular complexity index is 326. The van der Waals surface area contributed by atoms with Gasteiger partial charge in [0.25, 0.3) is 0 Å². The Labute approximate surface area is 110 Å². The molecule has 0 aliphatic carbocycles. The van der Waals surface area contributed by atoms with Gasteiger partial charge in [-0.2, -0.15) is 0 Å². The molecule has 4 nitrogen and oxygen atoms in total. The number of nitrogens with one attached hydrogen (secondary N) is 3. The summed E-state index contributed by atoms with van der Waals surface area (Å²) in [6.07, 6.45) is 5.22. The van der Waals surface area contributed by atoms with E-state index in [-0.39, 0.29) is 0 Å². The number of hydrogen-bond donors (Lipinski definition) is 3. The number of piperazine rings is 1. The molecule has 0 atom stereocenters. The molecule has 0 aromatic carbocycles. The molecule has 102 valence electrons. The highest BCUT2D eigenvalue weighted by Crippen LogP contribution is 2.18. The average molecular weight is 250 g/mol. The molecule has 4 heteroatoms. The van der Waals surface area contributed by atoms with Crippen LogP contribution in [0.4, 0.5) is 0 Å². The summed E-state index contributed by atoms with van der Waals surface area (Å²) < 4.78 is 0. The first-order valence-electron chi connectivity index (χ1n) is 6.97. The number of aromatic nitrogens is 1. The van der Waals surface area contributed by atoms with Crippen molar-refractivity contribution in [1.29, 1.82) is 0 Å². The van der Waals surface area contributed by atoms with Crippen LogP contribution in [0.2, 0.25) is 0 Å². The molecule has 1 aliphatic rings. The Morgan fingerprint density at radius 2 is 2.11 bits per heavy atom. The highest BCUT2D eigenvalue weighted by molar-refractivity contribution is 5.07. The highest BCUT2D eigenvalue weighted by Gasteiger charge is 2.26. The zero-order chi connectivity index (χ0) is 12.8. The van der Waals surface area contributed by atoms with Gasteiger partial charge in [-0.1, -0.05) is 0 Å². The van der Waals surface area contributed by atoms with Gasteiger partial charge in [-0.25, -0.2) is 0 Å². The summed E-state index contributed by atoms with van der Waals surface area (Å²) >= 11 is 0. The Morgan fingerprint density at radius 1 is 1.33 bits per heavy atom. The van der Waals surface area contributed by atoms with E-state index in [4.69, 9.17) is 0 Å². The number of hydrogen-bond acceptors (Lipinski definition) is 3. The van der Waals surface area contributed by atoms with E-state index < -0.39 is 0 Å². The van der Waals surface area contributed by atoms with Gasteiger partial charge in [0, 0.05) is 50.7 Å². The summed E-state index contributed by atoms with van der Waals surface area (Å²) in [6, 6.07) is 2.12. The maximum Gasteiger partial charge on any atom is 0.0220 e. The van der Waals surface area contributed by atoms with E-state index in [1.54, 1.807) is 0 Å². The molecule has 18 heavy (non-hydrogen) atoms. The summed E-state index contributed by atoms with van der Waals surface area (Å²) in [5.74, 6) is 0. The van der Waals surface area contributed by atoms with Crippen molar-refractivity contribution < 1.29 is 0 Å². The van der Waals surface area contributed by atoms with Crippen molar-refractivity contribution in [3.8, 4) is 0 Å². The Morgan fingerprint density at radius 3 is 2.78 bits per heavy atom. The quantitative estimate of drug-likeness (QED) is 0.664. The lowest BCUT2D eigenvalue weighted by Crippen LogP contribution is -2.54. The van der Waals surface area contributed by atoms with Crippen LogP contribution in [0.3, 0.4) is 0 Å². The van der Waals surface area contributed by atoms with E-state index in [1.807, 2.05) is 6.20 Å². The van der Waals surface area contributed by atoms with E-state index in [0.29, 0.717) is 5.54 Å². The van der Waals surface area contributed by atoms with Gasteiger partial charge in [-0.15, -0.1) is 0 Å². The second kappa shape index (κ2) is 6.36. The van der Waals surface area contributed by atoms with Crippen LogP contribution < -0.4 is 10.6 Å². The van der Waals surface area contributed by atoms with E-state index in [2.05, 4.69) is 46.6 Å². The Hall–Kier alpha value is -0.840. The zero-order valence-electron chi connectivity index (χ0n) is 11.6. The third kappa shape index (κ3) is 3.83. The standard InChI is InChI=1S/C14H26N4/c1-14(2,18-9-7-15-8-10-18)4-6-17-12-13-3-5-16-11-13/h3,5,11,15-17H,4,6-10,12H2,1-2H3. The molecular weight excluding hydrogens is 224 g/mol. The number of nitrogens with zero attached hydrogens (tertiary/aromatic N) is 1. The summed E-state index contributed by atoms with van der Waals surface area (Å²) in [5, 5.41) is 6.93. The molecule has 1 aromatic rings. The fourth-order valence-electron chi connectivity index (χ4n) is 2.52. The van der Waals surface area contributed by atoms with Gasteiger partial charge in [0.05, 0.1) is 0 Å². The molecule has 1 aromatic heterocycles. The summed E-state index contributed by atoms with van der Waals surface area (Å²) in [7, 11) is 0. The molecule has 1 saturated heterocycles. The van der Waals surface area contributed by atoms with E-state index in [1.165, 1.54) is 25.1 Å². The lowest BCUT2D eigenvalue weighted by Gasteiger charge is -2.41. The van der Waals surface area contributed by atoms with Gasteiger partial charge in [-0.3, -0.25) is 4.90 Å². The van der Waals surface area contributed by atoms with Crippen LogP contribution in [-0.4, -0.2) is 48.1 Å². The van der Waals surface area contributed by atoms with Crippen molar-refractivity contribution in [3.63, 3.8) is 0 Å². The fraction of sp³-hybridized carbons (Fsp3) is 0.714. The highest BCUT2D eigenvalue weighted by atomic mass is 15.2. The number of rotatable bonds is 6. The Kier molecular flexibility index (Phi) is 4.80. The number of H-pyrrole nitrogens is 1. The smallest absolute Gasteiger partial charge is 0.0220 e. The Balaban J connectivity index is 1.67. The predicted octanol–water partition coefficient (Wildman–Crippen LogP) is 1.18. The van der Waals surface area contributed by atoms with E-state index in [0.717, 1.165) is 26.2 Å². The molecule has 0 amide bonds. The maximum atomic E-state index is 3.52. The number of aromatic amines is 1. The molecule has 0 radical (unpaired) electrons. The van der Waals surface area contributed by atoms with Crippen molar-refractivity contribution in [2.24, 2.45) is 0 Å². The van der Waals surface area contributed by atoms with Crippen molar-refractivity contribution in [1.82, 2.24) is 20.5 Å². The topological polar surface area (TPSA) is 43.1 Å². The summed E-state index contributed by atoms with van der Waals surface area (Å²) in [6.45, 7) is 11.3. The molecule has 0 bridgehead atoms. The molecule has 0 spiro atoms. The van der Waals surface area contributed by atoms with Crippen LogP contribution >= 0.6 is 0 Å². The first kappa shape index (κ1) is 13.6. The van der Waals surface area contributed by atoms with E-state index >= 15 is 0 Å². The molecule has 0 unspecified atom stereocenters. The van der Waals surface area contributed by atoms with Gasteiger partial charge in [-0.05, 0) is 38.4 Å². The van der Waals surface area contributed by atoms with Crippen LogP contribution in [0.5, 0.6) is 0 Å². The first-order valence-corrected chi connectivity index (χ1v) is 6.97. The van der Waals surface area contributed by atoms with Gasteiger partial charge in [0.2, 0.25) is 0 Å². The average Bonchev–Trinajstić information content (AvgIpc) is 2.89. The van der Waals surface area contributed by atoms with Gasteiger partial charge in [0.1, 0.15) is 0 Å². The lowest BCUT2D eigenvalue weighted by molar-refractivity contribution is 0.0955. The molecule has 2 heterocycles. The van der Waals surface area contributed by atoms with Crippen molar-refractivity contribution in [2.75, 3.05) is 32.7 Å². The lowest BCUT2D eigenvalue weighted by atomic mass is 9.97. The van der Waals surface area contributed by atoms with Gasteiger partial charge < -0.3 is 15.6 Å². The molecule has 1 fully saturated rings. The molecule has 0 saturated carbocycles. The molecule has 2 rings (SSSR count). The van der Waals surface area contributed by atoms with Crippen LogP contribution in [0.25, 0.3) is 0 Å². The molecular formula is C14H26N4. The third-order valence-electron chi connectivity index (χ3n) is 3.88. The zero-order valence-corrected chi connectivity index (χ0v) is 11.6. The SMILES string of the molecule is CC(C)(CCNCc1cc[nH]c1)N1CCNCC1. The monoisotopic (exact) mass is 250 g/mol. The minimum atomic E-state index is 0.299. The van der Waals surface area contributed by atoms with Crippen molar-refractivity contribution >= 4 is 0 Å². The second-order valence-electron chi connectivity index (χ2n) is 5.70. The van der Waals surface area contributed by atoms with Crippen molar-refractivity contribution in [3.05, 3.63) is 24.0 Å². The van der Waals surface area contributed by atoms with Crippen LogP contribution in [-0.2, 0) is 6.54 Å². The van der Waals surface area contributed by atoms with E-state index in [9.17, 15) is 0 Å². The van der Waals surface area contributed by atoms with Crippen LogP contribution in [0.1, 0.15) is 25.8 Å². The molecule has 1 aliphatic heterocycles. The third-order valence-corrected chi connectivity index (χ3v) is 3.88. The summed E-state index contributed by atoms with van der Waals surface area (Å²) in [4.78, 5) is 5.68. The van der Waals surface area contributed by atoms with Crippen molar-refractivity contribution in [2.45, 2.75) is 32.4 Å².